The monoisotopic (exact) mass is 333 g/mol. The molecule has 1 amide bonds. The number of nitrogens with zero attached hydrogens (tertiary/aromatic N) is 4. The number of aryl methyl sites for hydroxylation is 1. The van der Waals surface area contributed by atoms with Crippen LogP contribution in [-0.4, -0.2) is 41.0 Å². The molecule has 0 spiro atoms. The summed E-state index contributed by atoms with van der Waals surface area (Å²) >= 11 is 0. The van der Waals surface area contributed by atoms with E-state index in [0.717, 1.165) is 10.9 Å². The molecule has 0 atom stereocenters. The lowest BCUT2D eigenvalue weighted by Gasteiger charge is -2.07. The van der Waals surface area contributed by atoms with Gasteiger partial charge < -0.3 is 9.47 Å². The average molecular weight is 333 g/mol. The van der Waals surface area contributed by atoms with E-state index in [0.29, 0.717) is 17.1 Å². The Morgan fingerprint density at radius 3 is 2.71 bits per heavy atom. The molecule has 0 saturated carbocycles. The minimum Gasteiger partial charge on any atom is -0.493 e. The standard InChI is InChI=1S/C14H15N5O5/c1-18-13(10(8-16-18)19(21)22)14(20)17-15-7-9-4-5-11(23-2)12(6-9)24-3/h4-8H,1-3H3,(H,17,20)/b15-7-. The molecule has 2 aromatic rings. The Bertz CT molecular complexity index is 799. The van der Waals surface area contributed by atoms with Crippen LogP contribution in [0, 0.1) is 10.1 Å². The van der Waals surface area contributed by atoms with Gasteiger partial charge in [0.25, 0.3) is 5.91 Å². The van der Waals surface area contributed by atoms with E-state index in [1.165, 1.54) is 27.5 Å². The minimum absolute atomic E-state index is 0.190. The quantitative estimate of drug-likeness (QED) is 0.480. The molecule has 1 aromatic carbocycles. The molecule has 1 heterocycles. The maximum atomic E-state index is 12.0. The zero-order chi connectivity index (χ0) is 17.7. The molecule has 126 valence electrons. The van der Waals surface area contributed by atoms with Gasteiger partial charge in [0.15, 0.2) is 11.5 Å². The highest BCUT2D eigenvalue weighted by Crippen LogP contribution is 2.26. The maximum Gasteiger partial charge on any atom is 0.320 e. The Hall–Kier alpha value is -3.43. The fourth-order valence-corrected chi connectivity index (χ4v) is 1.97. The number of nitrogens with one attached hydrogen (secondary N) is 1. The van der Waals surface area contributed by atoms with Gasteiger partial charge in [-0.05, 0) is 23.8 Å². The van der Waals surface area contributed by atoms with E-state index < -0.39 is 16.5 Å². The van der Waals surface area contributed by atoms with Crippen molar-refractivity contribution in [3.05, 3.63) is 45.8 Å². The smallest absolute Gasteiger partial charge is 0.320 e. The summed E-state index contributed by atoms with van der Waals surface area (Å²) in [6.45, 7) is 0. The van der Waals surface area contributed by atoms with E-state index in [1.54, 1.807) is 18.2 Å². The van der Waals surface area contributed by atoms with Crippen molar-refractivity contribution in [2.45, 2.75) is 0 Å². The zero-order valence-electron chi connectivity index (χ0n) is 13.2. The first-order valence-electron chi connectivity index (χ1n) is 6.69. The summed E-state index contributed by atoms with van der Waals surface area (Å²) < 4.78 is 11.4. The highest BCUT2D eigenvalue weighted by atomic mass is 16.6. The molecule has 0 aliphatic heterocycles. The number of benzene rings is 1. The lowest BCUT2D eigenvalue weighted by Crippen LogP contribution is -2.22. The van der Waals surface area contributed by atoms with Crippen LogP contribution in [-0.2, 0) is 7.05 Å². The van der Waals surface area contributed by atoms with Gasteiger partial charge in [0.1, 0.15) is 6.20 Å². The van der Waals surface area contributed by atoms with Crippen molar-refractivity contribution in [2.24, 2.45) is 12.1 Å². The number of amides is 1. The number of carbonyl (C=O) groups is 1. The van der Waals surface area contributed by atoms with E-state index in [1.807, 2.05) is 0 Å². The van der Waals surface area contributed by atoms with Crippen LogP contribution in [0.1, 0.15) is 16.1 Å². The molecule has 0 saturated heterocycles. The maximum absolute atomic E-state index is 12.0. The largest absolute Gasteiger partial charge is 0.493 e. The van der Waals surface area contributed by atoms with Crippen molar-refractivity contribution in [2.75, 3.05) is 14.2 Å². The van der Waals surface area contributed by atoms with Gasteiger partial charge in [-0.3, -0.25) is 19.6 Å². The molecule has 0 fully saturated rings. The van der Waals surface area contributed by atoms with E-state index >= 15 is 0 Å². The number of carbonyl (C=O) groups excluding carboxylic acids is 1. The van der Waals surface area contributed by atoms with E-state index in [2.05, 4.69) is 15.6 Å². The fourth-order valence-electron chi connectivity index (χ4n) is 1.97. The molecule has 1 N–H and O–H groups in total. The number of aromatic nitrogens is 2. The Morgan fingerprint density at radius 1 is 1.38 bits per heavy atom. The third kappa shape index (κ3) is 3.48. The molecule has 0 bridgehead atoms. The second-order valence-electron chi connectivity index (χ2n) is 4.57. The summed E-state index contributed by atoms with van der Waals surface area (Å²) in [5.41, 5.74) is 2.29. The molecule has 0 aliphatic rings. The van der Waals surface area contributed by atoms with Crippen LogP contribution in [0.15, 0.2) is 29.5 Å². The molecule has 1 aromatic heterocycles. The third-order valence-electron chi connectivity index (χ3n) is 3.12. The normalized spacial score (nSPS) is 10.6. The van der Waals surface area contributed by atoms with Crippen LogP contribution in [0.2, 0.25) is 0 Å². The minimum atomic E-state index is -0.738. The SMILES string of the molecule is COc1ccc(/C=N\NC(=O)c2c([N+](=O)[O-])cnn2C)cc1OC. The summed E-state index contributed by atoms with van der Waals surface area (Å²) in [5, 5.41) is 18.4. The highest BCUT2D eigenvalue weighted by Gasteiger charge is 2.25. The number of methoxy groups -OCH3 is 2. The van der Waals surface area contributed by atoms with Gasteiger partial charge in [-0.25, -0.2) is 5.43 Å². The predicted molar refractivity (Wildman–Crippen MR) is 84.5 cm³/mol. The van der Waals surface area contributed by atoms with Crippen LogP contribution in [0.5, 0.6) is 11.5 Å². The number of hydrogen-bond acceptors (Lipinski definition) is 7. The molecular weight excluding hydrogens is 318 g/mol. The Balaban J connectivity index is 2.13. The van der Waals surface area contributed by atoms with Crippen LogP contribution >= 0.6 is 0 Å². The molecule has 2 rings (SSSR count). The van der Waals surface area contributed by atoms with Crippen molar-refractivity contribution in [3.63, 3.8) is 0 Å². The molecule has 0 aliphatic carbocycles. The first-order valence-corrected chi connectivity index (χ1v) is 6.69. The fraction of sp³-hybridized carbons (Fsp3) is 0.214. The van der Waals surface area contributed by atoms with Crippen LogP contribution in [0.3, 0.4) is 0 Å². The summed E-state index contributed by atoms with van der Waals surface area (Å²) in [6.07, 6.45) is 2.38. The second kappa shape index (κ2) is 7.22. The molecule has 10 nitrogen and oxygen atoms in total. The van der Waals surface area contributed by atoms with Crippen molar-refractivity contribution in [1.29, 1.82) is 0 Å². The van der Waals surface area contributed by atoms with E-state index in [-0.39, 0.29) is 5.69 Å². The molecule has 0 unspecified atom stereocenters. The van der Waals surface area contributed by atoms with Crippen LogP contribution in [0.25, 0.3) is 0 Å². The lowest BCUT2D eigenvalue weighted by molar-refractivity contribution is -0.385. The van der Waals surface area contributed by atoms with Crippen molar-refractivity contribution in [1.82, 2.24) is 15.2 Å². The first kappa shape index (κ1) is 16.9. The first-order chi connectivity index (χ1) is 11.5. The van der Waals surface area contributed by atoms with Gasteiger partial charge in [-0.2, -0.15) is 10.2 Å². The highest BCUT2D eigenvalue weighted by molar-refractivity contribution is 5.96. The Labute approximate surface area is 136 Å². The molecule has 24 heavy (non-hydrogen) atoms. The Kier molecular flexibility index (Phi) is 5.09. The number of hydrazone groups is 1. The van der Waals surface area contributed by atoms with Crippen molar-refractivity contribution < 1.29 is 19.2 Å². The van der Waals surface area contributed by atoms with Crippen molar-refractivity contribution >= 4 is 17.8 Å². The summed E-state index contributed by atoms with van der Waals surface area (Å²) in [5.74, 6) is 0.331. The Morgan fingerprint density at radius 2 is 2.08 bits per heavy atom. The van der Waals surface area contributed by atoms with E-state index in [9.17, 15) is 14.9 Å². The van der Waals surface area contributed by atoms with Gasteiger partial charge >= 0.3 is 5.69 Å². The van der Waals surface area contributed by atoms with Gasteiger partial charge in [0.05, 0.1) is 25.4 Å². The molecule has 0 radical (unpaired) electrons. The van der Waals surface area contributed by atoms with Crippen LogP contribution < -0.4 is 14.9 Å². The van der Waals surface area contributed by atoms with Gasteiger partial charge in [0, 0.05) is 7.05 Å². The summed E-state index contributed by atoms with van der Waals surface area (Å²) in [7, 11) is 4.45. The number of rotatable bonds is 6. The van der Waals surface area contributed by atoms with Gasteiger partial charge in [-0.1, -0.05) is 0 Å². The topological polar surface area (TPSA) is 121 Å². The van der Waals surface area contributed by atoms with Crippen molar-refractivity contribution in [3.8, 4) is 11.5 Å². The van der Waals surface area contributed by atoms with Crippen LogP contribution in [0.4, 0.5) is 5.69 Å². The van der Waals surface area contributed by atoms with Gasteiger partial charge in [-0.15, -0.1) is 0 Å². The van der Waals surface area contributed by atoms with Gasteiger partial charge in [0.2, 0.25) is 5.69 Å². The van der Waals surface area contributed by atoms with E-state index in [4.69, 9.17) is 9.47 Å². The molecule has 10 heteroatoms. The predicted octanol–water partition coefficient (Wildman–Crippen LogP) is 1.11. The number of nitro groups is 1. The summed E-state index contributed by atoms with van der Waals surface area (Å²) in [6, 6.07) is 5.07. The zero-order valence-corrected chi connectivity index (χ0v) is 13.2. The lowest BCUT2D eigenvalue weighted by atomic mass is 10.2. The summed E-state index contributed by atoms with van der Waals surface area (Å²) in [4.78, 5) is 22.2. The second-order valence-corrected chi connectivity index (χ2v) is 4.57. The number of ether oxygens (including phenoxy) is 2. The average Bonchev–Trinajstić information content (AvgIpc) is 2.96. The molecular formula is C14H15N5O5. The number of hydrogen-bond donors (Lipinski definition) is 1. The third-order valence-corrected chi connectivity index (χ3v) is 3.12.